The molecule has 14 heavy (non-hydrogen) atoms. The number of likely N-dealkylation sites (tertiary alicyclic amines) is 1. The van der Waals surface area contributed by atoms with Crippen LogP contribution in [-0.2, 0) is 0 Å². The molecule has 2 bridgehead atoms. The van der Waals surface area contributed by atoms with Crippen molar-refractivity contribution in [3.63, 3.8) is 0 Å². The molecular formula is C10H20N4. The lowest BCUT2D eigenvalue weighted by molar-refractivity contribution is 0.134. The van der Waals surface area contributed by atoms with Crippen LogP contribution in [-0.4, -0.2) is 31.0 Å². The van der Waals surface area contributed by atoms with Gasteiger partial charge in [0.1, 0.15) is 0 Å². The fourth-order valence-electron chi connectivity index (χ4n) is 2.90. The van der Waals surface area contributed by atoms with Gasteiger partial charge in [-0.2, -0.15) is 0 Å². The Hall–Kier alpha value is -0.770. The molecule has 2 unspecified atom stereocenters. The fourth-order valence-corrected chi connectivity index (χ4v) is 2.90. The fraction of sp³-hybridized carbons (Fsp3) is 0.900. The van der Waals surface area contributed by atoms with Gasteiger partial charge in [0, 0.05) is 20.1 Å². The third-order valence-corrected chi connectivity index (χ3v) is 3.49. The molecule has 2 fully saturated rings. The molecule has 3 N–H and O–H groups in total. The number of nitrogens with one attached hydrogen (secondary N) is 1. The summed E-state index contributed by atoms with van der Waals surface area (Å²) in [6.45, 7) is 2.26. The Bertz CT molecular complexity index is 214. The molecule has 2 atom stereocenters. The van der Waals surface area contributed by atoms with E-state index in [-0.39, 0.29) is 0 Å². The summed E-state index contributed by atoms with van der Waals surface area (Å²) < 4.78 is 0. The van der Waals surface area contributed by atoms with Crippen molar-refractivity contribution >= 4 is 5.96 Å². The topological polar surface area (TPSA) is 53.6 Å². The average molecular weight is 196 g/mol. The number of fused-ring (bicyclic) bond motifs is 2. The molecule has 0 amide bonds. The predicted octanol–water partition coefficient (Wildman–Crippen LogP) is 0.558. The normalized spacial score (nSPS) is 33.0. The first-order valence-electron chi connectivity index (χ1n) is 5.52. The molecule has 1 heterocycles. The lowest BCUT2D eigenvalue weighted by Gasteiger charge is -2.42. The van der Waals surface area contributed by atoms with Gasteiger partial charge in [0.15, 0.2) is 0 Å². The Labute approximate surface area is 85.5 Å². The molecule has 2 aliphatic rings. The van der Waals surface area contributed by atoms with Crippen molar-refractivity contribution < 1.29 is 0 Å². The number of rotatable bonds is 0. The van der Waals surface area contributed by atoms with Crippen LogP contribution in [0.4, 0.5) is 0 Å². The van der Waals surface area contributed by atoms with Gasteiger partial charge in [-0.05, 0) is 31.1 Å². The van der Waals surface area contributed by atoms with Crippen LogP contribution in [0.1, 0.15) is 25.7 Å². The summed E-state index contributed by atoms with van der Waals surface area (Å²) in [6.07, 6.45) is 5.60. The van der Waals surface area contributed by atoms with Crippen molar-refractivity contribution in [3.05, 3.63) is 0 Å². The smallest absolute Gasteiger partial charge is 0.208 e. The van der Waals surface area contributed by atoms with Crippen molar-refractivity contribution in [2.24, 2.45) is 22.7 Å². The first-order valence-corrected chi connectivity index (χ1v) is 5.52. The van der Waals surface area contributed by atoms with Crippen LogP contribution >= 0.6 is 0 Å². The lowest BCUT2D eigenvalue weighted by atomic mass is 9.78. The zero-order valence-corrected chi connectivity index (χ0v) is 8.87. The molecule has 1 saturated carbocycles. The monoisotopic (exact) mass is 196 g/mol. The summed E-state index contributed by atoms with van der Waals surface area (Å²) in [5, 5.41) is 0. The van der Waals surface area contributed by atoms with Gasteiger partial charge in [-0.1, -0.05) is 6.42 Å². The number of aliphatic imine (C=N–C) groups is 1. The van der Waals surface area contributed by atoms with Gasteiger partial charge in [-0.25, -0.2) is 5.84 Å². The second-order valence-corrected chi connectivity index (χ2v) is 4.50. The minimum atomic E-state index is 0.849. The van der Waals surface area contributed by atoms with Crippen LogP contribution in [0, 0.1) is 11.8 Å². The molecule has 4 heteroatoms. The van der Waals surface area contributed by atoms with E-state index in [1.54, 1.807) is 7.05 Å². The Morgan fingerprint density at radius 3 is 2.50 bits per heavy atom. The van der Waals surface area contributed by atoms with E-state index in [1.165, 1.54) is 25.7 Å². The van der Waals surface area contributed by atoms with E-state index >= 15 is 0 Å². The summed E-state index contributed by atoms with van der Waals surface area (Å²) >= 11 is 0. The number of hydrogen-bond donors (Lipinski definition) is 2. The number of nitrogens with zero attached hydrogens (tertiary/aromatic N) is 2. The van der Waals surface area contributed by atoms with E-state index in [0.717, 1.165) is 30.9 Å². The van der Waals surface area contributed by atoms with E-state index in [2.05, 4.69) is 15.3 Å². The first-order chi connectivity index (χ1) is 6.83. The number of hydrogen-bond acceptors (Lipinski definition) is 2. The van der Waals surface area contributed by atoms with Gasteiger partial charge in [0.25, 0.3) is 0 Å². The Morgan fingerprint density at radius 2 is 2.00 bits per heavy atom. The Morgan fingerprint density at radius 1 is 1.36 bits per heavy atom. The van der Waals surface area contributed by atoms with Gasteiger partial charge in [-0.3, -0.25) is 10.4 Å². The molecule has 4 nitrogen and oxygen atoms in total. The maximum Gasteiger partial charge on any atom is 0.208 e. The van der Waals surface area contributed by atoms with Gasteiger partial charge >= 0.3 is 0 Å². The minimum absolute atomic E-state index is 0.849. The Balaban J connectivity index is 2.01. The molecule has 1 aliphatic heterocycles. The second kappa shape index (κ2) is 4.17. The Kier molecular flexibility index (Phi) is 2.91. The predicted molar refractivity (Wildman–Crippen MR) is 57.7 cm³/mol. The quantitative estimate of drug-likeness (QED) is 0.257. The van der Waals surface area contributed by atoms with E-state index in [1.807, 2.05) is 0 Å². The number of piperidine rings is 1. The van der Waals surface area contributed by atoms with Crippen molar-refractivity contribution in [1.29, 1.82) is 0 Å². The van der Waals surface area contributed by atoms with Crippen molar-refractivity contribution in [2.45, 2.75) is 25.7 Å². The van der Waals surface area contributed by atoms with Crippen molar-refractivity contribution in [3.8, 4) is 0 Å². The van der Waals surface area contributed by atoms with Crippen LogP contribution in [0.25, 0.3) is 0 Å². The summed E-state index contributed by atoms with van der Waals surface area (Å²) in [4.78, 5) is 6.47. The maximum atomic E-state index is 5.44. The van der Waals surface area contributed by atoms with Crippen LogP contribution in [0.5, 0.6) is 0 Å². The zero-order valence-electron chi connectivity index (χ0n) is 8.87. The summed E-state index contributed by atoms with van der Waals surface area (Å²) in [5.74, 6) is 8.03. The van der Waals surface area contributed by atoms with Crippen molar-refractivity contribution in [2.75, 3.05) is 20.1 Å². The molecule has 0 radical (unpaired) electrons. The SMILES string of the molecule is CN=C(NN)N1CC2CCCC(C2)C1. The van der Waals surface area contributed by atoms with Gasteiger partial charge in [-0.15, -0.1) is 0 Å². The largest absolute Gasteiger partial charge is 0.341 e. The van der Waals surface area contributed by atoms with Crippen molar-refractivity contribution in [1.82, 2.24) is 10.3 Å². The summed E-state index contributed by atoms with van der Waals surface area (Å²) in [5.41, 5.74) is 2.69. The maximum absolute atomic E-state index is 5.44. The molecule has 0 aromatic carbocycles. The molecular weight excluding hydrogens is 176 g/mol. The highest BCUT2D eigenvalue weighted by atomic mass is 15.4. The molecule has 1 saturated heterocycles. The van der Waals surface area contributed by atoms with Gasteiger partial charge in [0.2, 0.25) is 5.96 Å². The third-order valence-electron chi connectivity index (χ3n) is 3.49. The molecule has 2 rings (SSSR count). The van der Waals surface area contributed by atoms with E-state index in [0.29, 0.717) is 0 Å². The van der Waals surface area contributed by atoms with Crippen LogP contribution in [0.15, 0.2) is 4.99 Å². The van der Waals surface area contributed by atoms with Gasteiger partial charge < -0.3 is 4.90 Å². The summed E-state index contributed by atoms with van der Waals surface area (Å²) in [6, 6.07) is 0. The average Bonchev–Trinajstić information content (AvgIpc) is 2.19. The summed E-state index contributed by atoms with van der Waals surface area (Å²) in [7, 11) is 1.79. The zero-order chi connectivity index (χ0) is 9.97. The highest BCUT2D eigenvalue weighted by molar-refractivity contribution is 5.79. The van der Waals surface area contributed by atoms with Crippen LogP contribution < -0.4 is 11.3 Å². The second-order valence-electron chi connectivity index (χ2n) is 4.50. The molecule has 80 valence electrons. The van der Waals surface area contributed by atoms with Crippen LogP contribution in [0.3, 0.4) is 0 Å². The molecule has 0 aromatic rings. The molecule has 1 aliphatic carbocycles. The number of guanidine groups is 1. The minimum Gasteiger partial charge on any atom is -0.341 e. The molecule has 0 aromatic heterocycles. The first kappa shape index (κ1) is 9.77. The van der Waals surface area contributed by atoms with E-state index in [9.17, 15) is 0 Å². The van der Waals surface area contributed by atoms with E-state index < -0.39 is 0 Å². The number of nitrogens with two attached hydrogens (primary N) is 1. The van der Waals surface area contributed by atoms with Crippen LogP contribution in [0.2, 0.25) is 0 Å². The lowest BCUT2D eigenvalue weighted by Crippen LogP contribution is -2.52. The highest BCUT2D eigenvalue weighted by Gasteiger charge is 2.31. The van der Waals surface area contributed by atoms with E-state index in [4.69, 9.17) is 5.84 Å². The van der Waals surface area contributed by atoms with Gasteiger partial charge in [0.05, 0.1) is 0 Å². The third kappa shape index (κ3) is 1.85. The highest BCUT2D eigenvalue weighted by Crippen LogP contribution is 2.34. The standard InChI is InChI=1S/C10H20N4/c1-12-10(13-11)14-6-8-3-2-4-9(5-8)7-14/h8-9H,2-7,11H2,1H3,(H,12,13). The number of hydrazine groups is 1. The molecule has 0 spiro atoms.